The standard InChI is InChI=1S/C29H32FN5O4/c1-17-11-18(2)35-27(32-17)33-25(34-35)13-21-24(36)14-29(39-26(21)37,19-7-5-6-8-19)16-38-20-9-10-22(23(30)12-20)28(3,4)15-31/h9-12,19,21H,5-8,13-14,16H2,1-4H3. The van der Waals surface area contributed by atoms with Crippen molar-refractivity contribution in [1.82, 2.24) is 19.6 Å². The smallest absolute Gasteiger partial charge is 0.317 e. The number of hydrogen-bond acceptors (Lipinski definition) is 8. The molecule has 3 aromatic rings. The minimum absolute atomic E-state index is 0.0137. The highest BCUT2D eigenvalue weighted by Gasteiger charge is 2.52. The van der Waals surface area contributed by atoms with Gasteiger partial charge in [-0.25, -0.2) is 13.9 Å². The summed E-state index contributed by atoms with van der Waals surface area (Å²) in [6.07, 6.45) is 3.63. The summed E-state index contributed by atoms with van der Waals surface area (Å²) in [5.41, 5.74) is -0.184. The lowest BCUT2D eigenvalue weighted by molar-refractivity contribution is -0.189. The van der Waals surface area contributed by atoms with E-state index in [4.69, 9.17) is 9.47 Å². The lowest BCUT2D eigenvalue weighted by atomic mass is 9.77. The number of rotatable bonds is 7. The van der Waals surface area contributed by atoms with Crippen LogP contribution in [0.25, 0.3) is 5.78 Å². The predicted octanol–water partition coefficient (Wildman–Crippen LogP) is 4.36. The van der Waals surface area contributed by atoms with Crippen LogP contribution in [0.15, 0.2) is 24.3 Å². The van der Waals surface area contributed by atoms with E-state index in [9.17, 15) is 19.2 Å². The molecule has 39 heavy (non-hydrogen) atoms. The van der Waals surface area contributed by atoms with E-state index in [1.807, 2.05) is 19.9 Å². The van der Waals surface area contributed by atoms with E-state index in [2.05, 4.69) is 21.1 Å². The number of nitrogens with zero attached hydrogens (tertiary/aromatic N) is 5. The van der Waals surface area contributed by atoms with Gasteiger partial charge >= 0.3 is 5.97 Å². The molecule has 0 spiro atoms. The van der Waals surface area contributed by atoms with E-state index in [-0.39, 0.29) is 42.5 Å². The Morgan fingerprint density at radius 3 is 2.62 bits per heavy atom. The van der Waals surface area contributed by atoms with Gasteiger partial charge in [0.2, 0.25) is 0 Å². The molecule has 3 heterocycles. The Labute approximate surface area is 226 Å². The van der Waals surface area contributed by atoms with Gasteiger partial charge in [0.15, 0.2) is 17.2 Å². The maximum atomic E-state index is 14.8. The van der Waals surface area contributed by atoms with Crippen LogP contribution < -0.4 is 4.74 Å². The van der Waals surface area contributed by atoms with Crippen molar-refractivity contribution in [3.05, 3.63) is 52.9 Å². The van der Waals surface area contributed by atoms with E-state index in [0.29, 0.717) is 11.6 Å². The van der Waals surface area contributed by atoms with Gasteiger partial charge in [-0.3, -0.25) is 9.59 Å². The van der Waals surface area contributed by atoms with Gasteiger partial charge in [0, 0.05) is 35.4 Å². The number of carbonyl (C=O) groups excluding carboxylic acids is 2. The number of ketones is 1. The van der Waals surface area contributed by atoms with Crippen LogP contribution in [0.5, 0.6) is 5.75 Å². The largest absolute Gasteiger partial charge is 0.489 e. The molecule has 1 saturated heterocycles. The molecule has 2 atom stereocenters. The second-order valence-corrected chi connectivity index (χ2v) is 11.3. The number of ether oxygens (including phenoxy) is 2. The molecule has 2 aliphatic rings. The van der Waals surface area contributed by atoms with E-state index in [1.54, 1.807) is 24.4 Å². The highest BCUT2D eigenvalue weighted by atomic mass is 19.1. The zero-order valence-electron chi connectivity index (χ0n) is 22.7. The number of benzene rings is 1. The number of aromatic nitrogens is 4. The van der Waals surface area contributed by atoms with Crippen LogP contribution in [0, 0.1) is 42.8 Å². The molecule has 1 saturated carbocycles. The minimum atomic E-state index is -1.12. The number of fused-ring (bicyclic) bond motifs is 1. The maximum Gasteiger partial charge on any atom is 0.317 e. The quantitative estimate of drug-likeness (QED) is 0.325. The van der Waals surface area contributed by atoms with E-state index < -0.39 is 28.7 Å². The monoisotopic (exact) mass is 533 g/mol. The van der Waals surface area contributed by atoms with Crippen molar-refractivity contribution in [1.29, 1.82) is 5.26 Å². The molecule has 2 fully saturated rings. The molecule has 204 valence electrons. The molecule has 1 aliphatic carbocycles. The van der Waals surface area contributed by atoms with Crippen LogP contribution in [0.2, 0.25) is 0 Å². The molecular formula is C29H32FN5O4. The molecule has 9 nitrogen and oxygen atoms in total. The number of halogens is 1. The molecule has 0 amide bonds. The molecule has 5 rings (SSSR count). The van der Waals surface area contributed by atoms with E-state index in [1.165, 1.54) is 12.1 Å². The predicted molar refractivity (Wildman–Crippen MR) is 138 cm³/mol. The van der Waals surface area contributed by atoms with Crippen LogP contribution >= 0.6 is 0 Å². The fraction of sp³-hybridized carbons (Fsp3) is 0.517. The van der Waals surface area contributed by atoms with Gasteiger partial charge in [-0.05, 0) is 52.7 Å². The topological polar surface area (TPSA) is 119 Å². The Morgan fingerprint density at radius 2 is 1.95 bits per heavy atom. The van der Waals surface area contributed by atoms with Crippen molar-refractivity contribution < 1.29 is 23.5 Å². The number of hydrogen-bond donors (Lipinski definition) is 0. The summed E-state index contributed by atoms with van der Waals surface area (Å²) in [5, 5.41) is 13.8. The van der Waals surface area contributed by atoms with E-state index >= 15 is 0 Å². The van der Waals surface area contributed by atoms with Gasteiger partial charge in [0.25, 0.3) is 5.78 Å². The molecule has 10 heteroatoms. The maximum absolute atomic E-state index is 14.8. The molecule has 1 aromatic carbocycles. The van der Waals surface area contributed by atoms with Gasteiger partial charge in [-0.2, -0.15) is 10.2 Å². The number of cyclic esters (lactones) is 1. The Morgan fingerprint density at radius 1 is 1.21 bits per heavy atom. The third-order valence-corrected chi connectivity index (χ3v) is 7.98. The first-order valence-corrected chi connectivity index (χ1v) is 13.3. The van der Waals surface area contributed by atoms with Gasteiger partial charge < -0.3 is 9.47 Å². The summed E-state index contributed by atoms with van der Waals surface area (Å²) >= 11 is 0. The number of esters is 1. The zero-order valence-corrected chi connectivity index (χ0v) is 22.7. The minimum Gasteiger partial charge on any atom is -0.489 e. The summed E-state index contributed by atoms with van der Waals surface area (Å²) < 4.78 is 28.5. The zero-order chi connectivity index (χ0) is 27.9. The fourth-order valence-corrected chi connectivity index (χ4v) is 5.77. The van der Waals surface area contributed by atoms with Gasteiger partial charge in [-0.15, -0.1) is 5.10 Å². The molecule has 0 radical (unpaired) electrons. The summed E-state index contributed by atoms with van der Waals surface area (Å²) in [6.45, 7) is 6.98. The molecular weight excluding hydrogens is 501 g/mol. The summed E-state index contributed by atoms with van der Waals surface area (Å²) in [6, 6.07) is 8.35. The average Bonchev–Trinajstić information content (AvgIpc) is 3.56. The van der Waals surface area contributed by atoms with Crippen LogP contribution in [0.3, 0.4) is 0 Å². The third kappa shape index (κ3) is 5.10. The second-order valence-electron chi connectivity index (χ2n) is 11.3. The van der Waals surface area contributed by atoms with E-state index in [0.717, 1.165) is 37.1 Å². The lowest BCUT2D eigenvalue weighted by Gasteiger charge is -2.42. The number of carbonyl (C=O) groups is 2. The highest BCUT2D eigenvalue weighted by Crippen LogP contribution is 2.43. The molecule has 2 aromatic heterocycles. The summed E-state index contributed by atoms with van der Waals surface area (Å²) in [5.74, 6) is -1.42. The first-order chi connectivity index (χ1) is 18.5. The first-order valence-electron chi connectivity index (χ1n) is 13.3. The summed E-state index contributed by atoms with van der Waals surface area (Å²) in [4.78, 5) is 35.6. The van der Waals surface area contributed by atoms with Crippen molar-refractivity contribution in [2.45, 2.75) is 77.2 Å². The Kier molecular flexibility index (Phi) is 6.87. The van der Waals surface area contributed by atoms with Gasteiger partial charge in [-0.1, -0.05) is 18.9 Å². The van der Waals surface area contributed by atoms with Crippen molar-refractivity contribution in [2.75, 3.05) is 6.61 Å². The SMILES string of the molecule is Cc1cc(C)n2nc(CC3C(=O)CC(COc4ccc(C(C)(C)C#N)c(F)c4)(C4CCCC4)OC3=O)nc2n1. The van der Waals surface area contributed by atoms with Crippen molar-refractivity contribution in [2.24, 2.45) is 11.8 Å². The molecule has 0 N–H and O–H groups in total. The molecule has 1 aliphatic heterocycles. The van der Waals surface area contributed by atoms with Crippen molar-refractivity contribution in [3.8, 4) is 11.8 Å². The normalized spacial score (nSPS) is 22.2. The Balaban J connectivity index is 1.35. The fourth-order valence-electron chi connectivity index (χ4n) is 5.77. The van der Waals surface area contributed by atoms with Crippen LogP contribution in [-0.2, 0) is 26.2 Å². The first kappa shape index (κ1) is 26.7. The lowest BCUT2D eigenvalue weighted by Crippen LogP contribution is -2.55. The average molecular weight is 534 g/mol. The van der Waals surface area contributed by atoms with Gasteiger partial charge in [0.05, 0.1) is 17.9 Å². The van der Waals surface area contributed by atoms with Crippen molar-refractivity contribution in [3.63, 3.8) is 0 Å². The Hall–Kier alpha value is -3.87. The molecule has 0 bridgehead atoms. The van der Waals surface area contributed by atoms with Gasteiger partial charge in [0.1, 0.15) is 24.1 Å². The van der Waals surface area contributed by atoms with Crippen LogP contribution in [-0.4, -0.2) is 43.5 Å². The second kappa shape index (κ2) is 10.0. The number of Topliss-reactive ketones (excluding diaryl/α,β-unsaturated/α-hetero) is 1. The van der Waals surface area contributed by atoms with Crippen molar-refractivity contribution >= 4 is 17.5 Å². The third-order valence-electron chi connectivity index (χ3n) is 7.98. The van der Waals surface area contributed by atoms with Crippen LogP contribution in [0.4, 0.5) is 4.39 Å². The highest BCUT2D eigenvalue weighted by molar-refractivity contribution is 6.01. The number of aryl methyl sites for hydroxylation is 2. The molecule has 2 unspecified atom stereocenters. The number of nitriles is 1. The van der Waals surface area contributed by atoms with Crippen LogP contribution in [0.1, 0.15) is 68.7 Å². The summed E-state index contributed by atoms with van der Waals surface area (Å²) in [7, 11) is 0. The Bertz CT molecular complexity index is 1470.